The first-order chi connectivity index (χ1) is 9.67. The van der Waals surface area contributed by atoms with E-state index < -0.39 is 0 Å². The summed E-state index contributed by atoms with van der Waals surface area (Å²) in [5.74, 6) is 1.28. The highest BCUT2D eigenvalue weighted by Crippen LogP contribution is 2.21. The van der Waals surface area contributed by atoms with Crippen LogP contribution in [0.15, 0.2) is 30.5 Å². The lowest BCUT2D eigenvalue weighted by atomic mass is 10.1. The average Bonchev–Trinajstić information content (AvgIpc) is 2.49. The van der Waals surface area contributed by atoms with Gasteiger partial charge in [0.2, 0.25) is 0 Å². The summed E-state index contributed by atoms with van der Waals surface area (Å²) in [4.78, 5) is 2.00. The van der Waals surface area contributed by atoms with Crippen molar-refractivity contribution in [3.05, 3.63) is 36.1 Å². The standard InChI is InChI=1S/C16H24N2O2/c1-5-18(6-2)16(17)15(12-20-7-3)13-8-10-14(19-4)11-9-13/h8-12,17H,5-7H2,1-4H3/b15-12+,17-16?. The summed E-state index contributed by atoms with van der Waals surface area (Å²) in [5, 5.41) is 8.36. The first kappa shape index (κ1) is 16.1. The largest absolute Gasteiger partial charge is 0.501 e. The second kappa shape index (κ2) is 8.25. The third kappa shape index (κ3) is 4.02. The zero-order chi connectivity index (χ0) is 15.0. The van der Waals surface area contributed by atoms with E-state index in [1.165, 1.54) is 0 Å². The minimum Gasteiger partial charge on any atom is -0.501 e. The van der Waals surface area contributed by atoms with Crippen molar-refractivity contribution in [3.8, 4) is 5.75 Å². The number of ether oxygens (including phenoxy) is 2. The Morgan fingerprint density at radius 2 is 1.75 bits per heavy atom. The van der Waals surface area contributed by atoms with Crippen LogP contribution in [0.5, 0.6) is 5.75 Å². The molecule has 0 heterocycles. The van der Waals surface area contributed by atoms with Crippen LogP contribution in [0.1, 0.15) is 26.3 Å². The van der Waals surface area contributed by atoms with E-state index in [1.807, 2.05) is 49.9 Å². The van der Waals surface area contributed by atoms with E-state index in [4.69, 9.17) is 14.9 Å². The molecule has 0 aliphatic heterocycles. The molecule has 4 nitrogen and oxygen atoms in total. The fourth-order valence-electron chi connectivity index (χ4n) is 1.91. The van der Waals surface area contributed by atoms with Gasteiger partial charge < -0.3 is 14.4 Å². The number of likely N-dealkylation sites (N-methyl/N-ethyl adjacent to an activating group) is 1. The molecule has 0 fully saturated rings. The number of hydrogen-bond acceptors (Lipinski definition) is 3. The maximum Gasteiger partial charge on any atom is 0.131 e. The third-order valence-corrected chi connectivity index (χ3v) is 3.10. The van der Waals surface area contributed by atoms with Gasteiger partial charge >= 0.3 is 0 Å². The first-order valence-electron chi connectivity index (χ1n) is 6.97. The van der Waals surface area contributed by atoms with Crippen LogP contribution in [0.4, 0.5) is 0 Å². The summed E-state index contributed by atoms with van der Waals surface area (Å²) < 4.78 is 10.6. The Morgan fingerprint density at radius 3 is 2.20 bits per heavy atom. The molecule has 0 saturated carbocycles. The van der Waals surface area contributed by atoms with Gasteiger partial charge in [0.15, 0.2) is 0 Å². The first-order valence-corrected chi connectivity index (χ1v) is 6.97. The summed E-state index contributed by atoms with van der Waals surface area (Å²) in [6.07, 6.45) is 1.67. The Hall–Kier alpha value is -1.97. The monoisotopic (exact) mass is 276 g/mol. The lowest BCUT2D eigenvalue weighted by Crippen LogP contribution is -2.30. The number of rotatable bonds is 7. The molecule has 0 radical (unpaired) electrons. The van der Waals surface area contributed by atoms with Crippen LogP contribution < -0.4 is 4.74 Å². The number of methoxy groups -OCH3 is 1. The lowest BCUT2D eigenvalue weighted by Gasteiger charge is -2.23. The van der Waals surface area contributed by atoms with Crippen LogP contribution in [-0.2, 0) is 4.74 Å². The molecule has 1 rings (SSSR count). The normalized spacial score (nSPS) is 11.1. The van der Waals surface area contributed by atoms with Gasteiger partial charge in [0.1, 0.15) is 11.6 Å². The van der Waals surface area contributed by atoms with Gasteiger partial charge in [-0.2, -0.15) is 0 Å². The summed E-state index contributed by atoms with van der Waals surface area (Å²) in [7, 11) is 1.64. The Bertz CT molecular complexity index is 448. The number of amidine groups is 1. The fourth-order valence-corrected chi connectivity index (χ4v) is 1.91. The zero-order valence-corrected chi connectivity index (χ0v) is 12.8. The van der Waals surface area contributed by atoms with Crippen LogP contribution in [-0.4, -0.2) is 37.5 Å². The molecule has 20 heavy (non-hydrogen) atoms. The highest BCUT2D eigenvalue weighted by molar-refractivity contribution is 6.20. The molecule has 0 bridgehead atoms. The van der Waals surface area contributed by atoms with Crippen molar-refractivity contribution >= 4 is 11.4 Å². The maximum absolute atomic E-state index is 8.36. The van der Waals surface area contributed by atoms with E-state index >= 15 is 0 Å². The topological polar surface area (TPSA) is 45.5 Å². The minimum atomic E-state index is 0.480. The Morgan fingerprint density at radius 1 is 1.15 bits per heavy atom. The van der Waals surface area contributed by atoms with Gasteiger partial charge in [-0.1, -0.05) is 12.1 Å². The molecular weight excluding hydrogens is 252 g/mol. The van der Waals surface area contributed by atoms with E-state index in [-0.39, 0.29) is 0 Å². The van der Waals surface area contributed by atoms with Gasteiger partial charge in [-0.25, -0.2) is 0 Å². The molecule has 0 atom stereocenters. The smallest absolute Gasteiger partial charge is 0.131 e. The van der Waals surface area contributed by atoms with E-state index in [0.29, 0.717) is 12.4 Å². The quantitative estimate of drug-likeness (QED) is 0.471. The Labute approximate surface area is 121 Å². The van der Waals surface area contributed by atoms with E-state index in [2.05, 4.69) is 0 Å². The molecule has 4 heteroatoms. The summed E-state index contributed by atoms with van der Waals surface area (Å²) in [6.45, 7) is 8.22. The van der Waals surface area contributed by atoms with Gasteiger partial charge in [-0.05, 0) is 38.5 Å². The fraction of sp³-hybridized carbons (Fsp3) is 0.438. The molecule has 1 N–H and O–H groups in total. The van der Waals surface area contributed by atoms with Crippen LogP contribution >= 0.6 is 0 Å². The average molecular weight is 276 g/mol. The molecule has 0 aliphatic rings. The van der Waals surface area contributed by atoms with Crippen molar-refractivity contribution in [1.29, 1.82) is 5.41 Å². The SMILES string of the molecule is CCO/C=C(/C(=N)N(CC)CC)c1ccc(OC)cc1. The predicted molar refractivity (Wildman–Crippen MR) is 83.2 cm³/mol. The Kier molecular flexibility index (Phi) is 6.64. The predicted octanol–water partition coefficient (Wildman–Crippen LogP) is 3.39. The molecule has 110 valence electrons. The van der Waals surface area contributed by atoms with Gasteiger partial charge in [-0.15, -0.1) is 0 Å². The number of hydrogen-bond donors (Lipinski definition) is 1. The Balaban J connectivity index is 3.08. The van der Waals surface area contributed by atoms with Crippen molar-refractivity contribution in [3.63, 3.8) is 0 Å². The summed E-state index contributed by atoms with van der Waals surface area (Å²) in [5.41, 5.74) is 1.74. The van der Waals surface area contributed by atoms with Crippen LogP contribution in [0.2, 0.25) is 0 Å². The van der Waals surface area contributed by atoms with E-state index in [9.17, 15) is 0 Å². The second-order valence-electron chi connectivity index (χ2n) is 4.24. The van der Waals surface area contributed by atoms with Crippen LogP contribution in [0.25, 0.3) is 5.57 Å². The second-order valence-corrected chi connectivity index (χ2v) is 4.24. The minimum absolute atomic E-state index is 0.480. The molecule has 0 aliphatic carbocycles. The molecule has 0 spiro atoms. The summed E-state index contributed by atoms with van der Waals surface area (Å²) in [6, 6.07) is 7.68. The third-order valence-electron chi connectivity index (χ3n) is 3.10. The highest BCUT2D eigenvalue weighted by Gasteiger charge is 2.14. The number of nitrogens with zero attached hydrogens (tertiary/aromatic N) is 1. The highest BCUT2D eigenvalue weighted by atomic mass is 16.5. The van der Waals surface area contributed by atoms with Crippen molar-refractivity contribution in [2.24, 2.45) is 0 Å². The number of nitrogens with one attached hydrogen (secondary N) is 1. The van der Waals surface area contributed by atoms with Crippen molar-refractivity contribution in [2.75, 3.05) is 26.8 Å². The lowest BCUT2D eigenvalue weighted by molar-refractivity contribution is 0.271. The zero-order valence-electron chi connectivity index (χ0n) is 12.8. The molecule has 1 aromatic carbocycles. The maximum atomic E-state index is 8.36. The molecule has 0 aromatic heterocycles. The molecule has 0 amide bonds. The summed E-state index contributed by atoms with van der Waals surface area (Å²) >= 11 is 0. The number of benzene rings is 1. The van der Waals surface area contributed by atoms with Crippen molar-refractivity contribution in [2.45, 2.75) is 20.8 Å². The molecule has 0 unspecified atom stereocenters. The van der Waals surface area contributed by atoms with Gasteiger partial charge in [-0.3, -0.25) is 5.41 Å². The van der Waals surface area contributed by atoms with E-state index in [1.54, 1.807) is 13.4 Å². The van der Waals surface area contributed by atoms with Crippen LogP contribution in [0, 0.1) is 5.41 Å². The van der Waals surface area contributed by atoms with Gasteiger partial charge in [0.25, 0.3) is 0 Å². The van der Waals surface area contributed by atoms with E-state index in [0.717, 1.165) is 30.0 Å². The van der Waals surface area contributed by atoms with Crippen LogP contribution in [0.3, 0.4) is 0 Å². The molecule has 0 saturated heterocycles. The van der Waals surface area contributed by atoms with Gasteiger partial charge in [0.05, 0.1) is 25.6 Å². The van der Waals surface area contributed by atoms with Crippen molar-refractivity contribution < 1.29 is 9.47 Å². The van der Waals surface area contributed by atoms with Gasteiger partial charge in [0, 0.05) is 13.1 Å². The van der Waals surface area contributed by atoms with Crippen molar-refractivity contribution in [1.82, 2.24) is 4.90 Å². The molecular formula is C16H24N2O2. The molecule has 1 aromatic rings.